The van der Waals surface area contributed by atoms with Crippen molar-refractivity contribution in [3.8, 4) is 0 Å². The standard InChI is InChI=1S/C27H37ClN2O4/c1-18(2)30(19(3)4)24(31)17-34-29-22-13-11-9-7-8-10-12-14-33-27(32)25-20(5)15-21(6)26(28)23(25)16-22/h8,10-11,13,15,18-19H,7,9,12,14,16-17H2,1-6H3/b10-8+,13-11?,29-22?. The summed E-state index contributed by atoms with van der Waals surface area (Å²) in [5.41, 5.74) is 3.36. The lowest BCUT2D eigenvalue weighted by molar-refractivity contribution is -0.139. The summed E-state index contributed by atoms with van der Waals surface area (Å²) < 4.78 is 5.52. The topological polar surface area (TPSA) is 68.2 Å². The average Bonchev–Trinajstić information content (AvgIpc) is 2.74. The highest BCUT2D eigenvalue weighted by Crippen LogP contribution is 2.29. The number of cyclic esters (lactones) is 1. The van der Waals surface area contributed by atoms with E-state index in [0.717, 1.165) is 24.0 Å². The molecule has 6 nitrogen and oxygen atoms in total. The lowest BCUT2D eigenvalue weighted by Gasteiger charge is -2.30. The predicted molar refractivity (Wildman–Crippen MR) is 138 cm³/mol. The Morgan fingerprint density at radius 3 is 2.41 bits per heavy atom. The lowest BCUT2D eigenvalue weighted by Crippen LogP contribution is -2.43. The number of benzene rings is 1. The van der Waals surface area contributed by atoms with Crippen molar-refractivity contribution in [1.29, 1.82) is 0 Å². The lowest BCUT2D eigenvalue weighted by atomic mass is 9.94. The van der Waals surface area contributed by atoms with Crippen LogP contribution in [0.1, 0.15) is 74.0 Å². The van der Waals surface area contributed by atoms with E-state index < -0.39 is 5.97 Å². The number of rotatable bonds is 5. The van der Waals surface area contributed by atoms with Crippen molar-refractivity contribution in [3.05, 3.63) is 57.6 Å². The van der Waals surface area contributed by atoms with Gasteiger partial charge >= 0.3 is 5.97 Å². The van der Waals surface area contributed by atoms with E-state index in [2.05, 4.69) is 11.2 Å². The van der Waals surface area contributed by atoms with E-state index in [-0.39, 0.29) is 31.0 Å². The number of oxime groups is 1. The van der Waals surface area contributed by atoms with E-state index >= 15 is 0 Å². The third kappa shape index (κ3) is 7.73. The van der Waals surface area contributed by atoms with Crippen LogP contribution in [0.4, 0.5) is 0 Å². The Bertz CT molecular complexity index is 956. The van der Waals surface area contributed by atoms with Crippen LogP contribution in [0.15, 0.2) is 35.5 Å². The second kappa shape index (κ2) is 13.3. The predicted octanol–water partition coefficient (Wildman–Crippen LogP) is 5.97. The maximum Gasteiger partial charge on any atom is 0.338 e. The smallest absolute Gasteiger partial charge is 0.338 e. The molecule has 186 valence electrons. The summed E-state index contributed by atoms with van der Waals surface area (Å²) in [6.45, 7) is 11.8. The number of ether oxygens (including phenoxy) is 1. The van der Waals surface area contributed by atoms with Crippen molar-refractivity contribution in [2.24, 2.45) is 5.16 Å². The monoisotopic (exact) mass is 488 g/mol. The highest BCUT2D eigenvalue weighted by Gasteiger charge is 2.23. The minimum atomic E-state index is -0.399. The van der Waals surface area contributed by atoms with Gasteiger partial charge in [-0.25, -0.2) is 4.79 Å². The number of carbonyl (C=O) groups excluding carboxylic acids is 2. The number of aryl methyl sites for hydroxylation is 2. The first-order valence-electron chi connectivity index (χ1n) is 11.9. The minimum absolute atomic E-state index is 0.0636. The minimum Gasteiger partial charge on any atom is -0.462 e. The number of carbonyl (C=O) groups is 2. The van der Waals surface area contributed by atoms with Gasteiger partial charge in [0, 0.05) is 23.5 Å². The molecule has 1 heterocycles. The number of allylic oxidation sites excluding steroid dienone is 3. The van der Waals surface area contributed by atoms with Crippen molar-refractivity contribution in [2.45, 2.75) is 79.3 Å². The normalized spacial score (nSPS) is 17.3. The fourth-order valence-electron chi connectivity index (χ4n) is 4.16. The molecule has 34 heavy (non-hydrogen) atoms. The van der Waals surface area contributed by atoms with Crippen LogP contribution in [0.3, 0.4) is 0 Å². The first-order valence-corrected chi connectivity index (χ1v) is 12.3. The molecule has 1 aromatic carbocycles. The number of nitrogens with zero attached hydrogens (tertiary/aromatic N) is 2. The third-order valence-corrected chi connectivity index (χ3v) is 6.09. The second-order valence-electron chi connectivity index (χ2n) is 9.07. The summed E-state index contributed by atoms with van der Waals surface area (Å²) >= 11 is 6.66. The van der Waals surface area contributed by atoms with Crippen LogP contribution in [0.5, 0.6) is 0 Å². The van der Waals surface area contributed by atoms with E-state index in [1.165, 1.54) is 0 Å². The van der Waals surface area contributed by atoms with Crippen LogP contribution in [0.2, 0.25) is 5.02 Å². The fourth-order valence-corrected chi connectivity index (χ4v) is 4.37. The number of hydrogen-bond donors (Lipinski definition) is 0. The summed E-state index contributed by atoms with van der Waals surface area (Å²) in [7, 11) is 0. The van der Waals surface area contributed by atoms with Gasteiger partial charge in [0.2, 0.25) is 0 Å². The number of halogens is 1. The summed E-state index contributed by atoms with van der Waals surface area (Å²) in [5, 5.41) is 4.78. The third-order valence-electron chi connectivity index (χ3n) is 5.57. The zero-order chi connectivity index (χ0) is 25.3. The molecule has 0 atom stereocenters. The molecule has 0 aliphatic carbocycles. The Morgan fingerprint density at radius 1 is 1.09 bits per heavy atom. The van der Waals surface area contributed by atoms with Crippen molar-refractivity contribution in [2.75, 3.05) is 13.2 Å². The Balaban J connectivity index is 2.38. The molecule has 0 aromatic heterocycles. The van der Waals surface area contributed by atoms with Crippen molar-refractivity contribution < 1.29 is 19.2 Å². The molecule has 0 N–H and O–H groups in total. The van der Waals surface area contributed by atoms with Crippen LogP contribution in [0, 0.1) is 13.8 Å². The van der Waals surface area contributed by atoms with Gasteiger partial charge in [0.1, 0.15) is 0 Å². The first-order chi connectivity index (χ1) is 16.1. The molecule has 0 spiro atoms. The van der Waals surface area contributed by atoms with Crippen LogP contribution >= 0.6 is 11.6 Å². The zero-order valence-corrected chi connectivity index (χ0v) is 21.9. The molecule has 7 heteroatoms. The van der Waals surface area contributed by atoms with Crippen LogP contribution in [0.25, 0.3) is 0 Å². The highest BCUT2D eigenvalue weighted by molar-refractivity contribution is 6.33. The molecule has 2 rings (SSSR count). The fraction of sp³-hybridized carbons (Fsp3) is 0.519. The van der Waals surface area contributed by atoms with Gasteiger partial charge in [-0.05, 0) is 83.6 Å². The van der Waals surface area contributed by atoms with E-state index in [9.17, 15) is 9.59 Å². The van der Waals surface area contributed by atoms with Crippen LogP contribution in [-0.2, 0) is 20.8 Å². The first kappa shape index (κ1) is 27.6. The summed E-state index contributed by atoms with van der Waals surface area (Å²) in [5.74, 6) is -0.526. The summed E-state index contributed by atoms with van der Waals surface area (Å²) in [6.07, 6.45) is 10.6. The van der Waals surface area contributed by atoms with E-state index in [0.29, 0.717) is 34.9 Å². The SMILES string of the molecule is Cc1cc(C)c2c(c1Cl)CC(=NOCC(=O)N(C(C)C)C(C)C)C=CCC/C=C/CCOC2=O. The molecule has 0 radical (unpaired) electrons. The molecule has 0 saturated carbocycles. The quantitative estimate of drug-likeness (QED) is 0.291. The van der Waals surface area contributed by atoms with Gasteiger partial charge in [-0.2, -0.15) is 0 Å². The van der Waals surface area contributed by atoms with Gasteiger partial charge < -0.3 is 14.5 Å². The van der Waals surface area contributed by atoms with Crippen molar-refractivity contribution >= 4 is 29.2 Å². The number of fused-ring (bicyclic) bond motifs is 1. The van der Waals surface area contributed by atoms with Crippen LogP contribution in [-0.4, -0.2) is 47.8 Å². The summed E-state index contributed by atoms with van der Waals surface area (Å²) in [4.78, 5) is 32.9. The maximum atomic E-state index is 12.9. The molecular formula is C27H37ClN2O4. The molecular weight excluding hydrogens is 452 g/mol. The second-order valence-corrected chi connectivity index (χ2v) is 9.45. The Hall–Kier alpha value is -2.60. The Morgan fingerprint density at radius 2 is 1.74 bits per heavy atom. The molecule has 1 aliphatic rings. The molecule has 0 unspecified atom stereocenters. The average molecular weight is 489 g/mol. The Labute approximate surface area is 208 Å². The van der Waals surface area contributed by atoms with Crippen LogP contribution < -0.4 is 0 Å². The molecule has 0 bridgehead atoms. The van der Waals surface area contributed by atoms with E-state index in [4.69, 9.17) is 21.2 Å². The van der Waals surface area contributed by atoms with E-state index in [1.54, 1.807) is 4.90 Å². The largest absolute Gasteiger partial charge is 0.462 e. The molecule has 0 saturated heterocycles. The highest BCUT2D eigenvalue weighted by atomic mass is 35.5. The van der Waals surface area contributed by atoms with Gasteiger partial charge in [0.25, 0.3) is 5.91 Å². The van der Waals surface area contributed by atoms with Gasteiger partial charge in [-0.1, -0.05) is 41.1 Å². The number of esters is 1. The maximum absolute atomic E-state index is 12.9. The van der Waals surface area contributed by atoms with Gasteiger partial charge in [-0.15, -0.1) is 0 Å². The van der Waals surface area contributed by atoms with Gasteiger partial charge in [0.05, 0.1) is 17.9 Å². The molecule has 1 aliphatic heterocycles. The Kier molecular flexibility index (Phi) is 10.8. The van der Waals surface area contributed by atoms with Crippen molar-refractivity contribution in [1.82, 2.24) is 4.90 Å². The van der Waals surface area contributed by atoms with Gasteiger partial charge in [0.15, 0.2) is 6.61 Å². The van der Waals surface area contributed by atoms with E-state index in [1.807, 2.05) is 65.8 Å². The van der Waals surface area contributed by atoms with Crippen molar-refractivity contribution in [3.63, 3.8) is 0 Å². The molecule has 1 amide bonds. The summed E-state index contributed by atoms with van der Waals surface area (Å²) in [6, 6.07) is 2.02. The number of hydrogen-bond acceptors (Lipinski definition) is 5. The molecule has 1 aromatic rings. The zero-order valence-electron chi connectivity index (χ0n) is 21.2. The molecule has 0 fully saturated rings. The van der Waals surface area contributed by atoms with Gasteiger partial charge in [-0.3, -0.25) is 4.79 Å². The number of amides is 1.